The second-order valence-electron chi connectivity index (χ2n) is 4.68. The normalized spacial score (nSPS) is 12.6. The third-order valence-electron chi connectivity index (χ3n) is 2.60. The van der Waals surface area contributed by atoms with Crippen LogP contribution in [0, 0.1) is 188 Å². The predicted molar refractivity (Wildman–Crippen MR) is 173 cm³/mol. The smallest absolute Gasteiger partial charge is 0 e. The molecule has 20 radical (unpaired) electrons. The van der Waals surface area contributed by atoms with Gasteiger partial charge in [0.05, 0.1) is 0 Å². The monoisotopic (exact) mass is 942 g/mol. The van der Waals surface area contributed by atoms with E-state index in [0.29, 0.717) is 0 Å². The van der Waals surface area contributed by atoms with Crippen LogP contribution in [-0.4, -0.2) is 0 Å². The van der Waals surface area contributed by atoms with Gasteiger partial charge in [-0.25, -0.2) is 6.09 Å². The van der Waals surface area contributed by atoms with Crippen molar-refractivity contribution in [3.8, 4) is 0 Å². The zero-order chi connectivity index (χ0) is 37.4. The summed E-state index contributed by atoms with van der Waals surface area (Å²) >= 11 is 10.2. The van der Waals surface area contributed by atoms with E-state index in [0.717, 1.165) is 14.6 Å². The van der Waals surface area contributed by atoms with Crippen molar-refractivity contribution < 1.29 is 111 Å². The Labute approximate surface area is 357 Å². The van der Waals surface area contributed by atoms with E-state index in [1.807, 2.05) is 139 Å². The van der Waals surface area contributed by atoms with Crippen LogP contribution < -0.4 is 0 Å². The molecular formula is C29H22Cr4O9P4S3-2. The molecule has 4 unspecified atom stereocenters. The summed E-state index contributed by atoms with van der Waals surface area (Å²) in [5.41, 5.74) is -0.0396. The maximum Gasteiger partial charge on any atom is 0 e. The Morgan fingerprint density at radius 3 is 0.490 bits per heavy atom. The Kier molecular flexibility index (Phi) is 225. The summed E-state index contributed by atoms with van der Waals surface area (Å²) in [6, 6.07) is 0. The van der Waals surface area contributed by atoms with Gasteiger partial charge in [0.15, 0.2) is 0 Å². The predicted octanol–water partition coefficient (Wildman–Crippen LogP) is 7.27. The molecule has 0 amide bonds. The first-order chi connectivity index (χ1) is 22.3. The Balaban J connectivity index is -0.0000000266. The van der Waals surface area contributed by atoms with Gasteiger partial charge in [0.2, 0.25) is 0 Å². The molecule has 1 aromatic heterocycles. The summed E-state index contributed by atoms with van der Waals surface area (Å²) in [4.78, 5) is 0. The molecule has 9 nitrogen and oxygen atoms in total. The summed E-state index contributed by atoms with van der Waals surface area (Å²) in [6.45, 7) is 40.5. The molecule has 0 aliphatic heterocycles. The molecule has 4 fully saturated rings. The third-order valence-corrected chi connectivity index (χ3v) is 32.9. The summed E-state index contributed by atoms with van der Waals surface area (Å²) in [7, 11) is 3.94. The molecule has 1 aromatic rings. The molecule has 0 saturated heterocycles. The van der Waals surface area contributed by atoms with Crippen LogP contribution in [0.4, 0.5) is 0 Å². The Morgan fingerprint density at radius 1 is 0.327 bits per heavy atom. The van der Waals surface area contributed by atoms with Crippen molar-refractivity contribution in [3.05, 3.63) is 188 Å². The molecule has 49 heavy (non-hydrogen) atoms. The van der Waals surface area contributed by atoms with Crippen LogP contribution in [0.25, 0.3) is 0 Å². The van der Waals surface area contributed by atoms with E-state index in [2.05, 4.69) is 59.9 Å². The average Bonchev–Trinajstić information content (AvgIpc) is 4.02. The van der Waals surface area contributed by atoms with E-state index >= 15 is 0 Å². The minimum absolute atomic E-state index is 0. The summed E-state index contributed by atoms with van der Waals surface area (Å²) < 4.78 is 67.5. The van der Waals surface area contributed by atoms with Gasteiger partial charge in [0.1, 0.15) is 0 Å². The molecular weight excluding hydrogens is 920 g/mol. The zero-order valence-corrected chi connectivity index (χ0v) is 35.8. The summed E-state index contributed by atoms with van der Waals surface area (Å²) in [5.74, 6) is 0. The number of hydrogen-bond donors (Lipinski definition) is 0. The van der Waals surface area contributed by atoms with Crippen molar-refractivity contribution in [1.82, 2.24) is 0 Å². The standard InChI is InChI=1S/4C5H5.9CO.4Cr.H2P4S3/c4*1-2-4-5-3-1;9*1-2;;;;;5-3-1-4(6)7-2-3/h4*1-5H;;;;;;;;;;;;;;1-2H/q;;;;;;;;;;;;;;;;;-2. The zero-order valence-electron chi connectivity index (χ0n) is 24.5. The van der Waals surface area contributed by atoms with E-state index < -0.39 is 0 Å². The second-order valence-corrected chi connectivity index (χ2v) is 26.4. The molecule has 5 rings (SSSR count). The minimum atomic E-state index is -0.0396. The van der Waals surface area contributed by atoms with Crippen LogP contribution in [0.1, 0.15) is 0 Å². The van der Waals surface area contributed by atoms with Crippen molar-refractivity contribution in [2.45, 2.75) is 0 Å². The van der Waals surface area contributed by atoms with Crippen molar-refractivity contribution in [3.63, 3.8) is 0 Å². The van der Waals surface area contributed by atoms with Crippen LogP contribution in [0.3, 0.4) is 0 Å². The minimum Gasteiger partial charge on any atom is -0.721 e. The van der Waals surface area contributed by atoms with Crippen molar-refractivity contribution >= 4 is 61.3 Å². The van der Waals surface area contributed by atoms with Gasteiger partial charge < -0.3 is 24.5 Å². The van der Waals surface area contributed by atoms with Crippen LogP contribution in [0.2, 0.25) is 0 Å². The first kappa shape index (κ1) is 88.2. The van der Waals surface area contributed by atoms with Gasteiger partial charge in [-0.15, -0.1) is 18.1 Å². The van der Waals surface area contributed by atoms with E-state index in [-0.39, 0.29) is 81.1 Å². The van der Waals surface area contributed by atoms with Gasteiger partial charge in [-0.2, -0.15) is 5.59 Å². The molecule has 4 atom stereocenters. The fourth-order valence-electron chi connectivity index (χ4n) is 1.47. The van der Waals surface area contributed by atoms with Gasteiger partial charge >= 0.3 is 102 Å². The van der Waals surface area contributed by atoms with Crippen molar-refractivity contribution in [2.75, 3.05) is 0 Å². The Hall–Kier alpha value is 1.91. The molecule has 0 bridgehead atoms. The Bertz CT molecular complexity index is 639. The molecule has 20 heteroatoms. The van der Waals surface area contributed by atoms with E-state index in [1.165, 1.54) is 0 Å². The van der Waals surface area contributed by atoms with Crippen LogP contribution in [0.15, 0.2) is 0 Å². The SMILES string of the molecule is [C-]#[O+].[C-]#[O+].[C-]#[O+].[C-]#[O+].[C-]#[O+].[C-]#[O+].[C-]#[O+].[C-]#[O+].[C-]#[O+].[CH]1[CH][CH][CH][CH]1.[CH]1[CH][CH][CH][CH]1.[CH]1[CH][CH][CH][CH]1.[CH]1[CH][CH][CH][CH]1.[Cr].[Cr].[Cr].[Cr].[S-]p1[pH]sp([S-])[pH]1. The average molecular weight is 943 g/mol. The first-order valence-electron chi connectivity index (χ1n) is 9.93. The van der Waals surface area contributed by atoms with Gasteiger partial charge in [0, 0.05) is 69.4 Å². The molecule has 0 N–H and O–H groups in total. The van der Waals surface area contributed by atoms with Crippen LogP contribution >= 0.6 is 36.8 Å². The maximum absolute atomic E-state index is 7.50. The fourth-order valence-corrected chi connectivity index (χ4v) is 47.2. The third kappa shape index (κ3) is 120. The van der Waals surface area contributed by atoms with Gasteiger partial charge in [0.25, 0.3) is 0 Å². The summed E-state index contributed by atoms with van der Waals surface area (Å²) in [6.07, 6.45) is 40.0. The summed E-state index contributed by atoms with van der Waals surface area (Å²) in [5, 5.41) is 0. The van der Waals surface area contributed by atoms with E-state index in [9.17, 15) is 0 Å². The molecule has 0 aromatic carbocycles. The molecule has 0 spiro atoms. The van der Waals surface area contributed by atoms with Crippen LogP contribution in [0.5, 0.6) is 0 Å². The van der Waals surface area contributed by atoms with Crippen molar-refractivity contribution in [2.24, 2.45) is 0 Å². The van der Waals surface area contributed by atoms with E-state index in [4.69, 9.17) is 66.4 Å². The van der Waals surface area contributed by atoms with Gasteiger partial charge in [-0.3, -0.25) is 0 Å². The number of hydrogen-bond acceptors (Lipinski definition) is 3. The molecule has 1 heterocycles. The molecule has 4 aliphatic rings. The second kappa shape index (κ2) is 125. The maximum atomic E-state index is 7.50. The number of rotatable bonds is 0. The fraction of sp³-hybridized carbons (Fsp3) is 0. The first-order valence-corrected chi connectivity index (χ1v) is 21.3. The van der Waals surface area contributed by atoms with Gasteiger partial charge in [-0.05, 0) is 128 Å². The topological polar surface area (TPSA) is 179 Å². The van der Waals surface area contributed by atoms with Gasteiger partial charge in [-0.1, -0.05) is 7.05 Å². The van der Waals surface area contributed by atoms with Crippen molar-refractivity contribution in [1.29, 1.82) is 0 Å². The quantitative estimate of drug-likeness (QED) is 0.151. The van der Waals surface area contributed by atoms with E-state index in [1.54, 1.807) is 0 Å². The van der Waals surface area contributed by atoms with Crippen LogP contribution in [-0.2, 0) is 136 Å². The molecule has 4 aliphatic carbocycles. The molecule has 256 valence electrons. The largest absolute Gasteiger partial charge is 0.721 e. The Morgan fingerprint density at radius 2 is 0.449 bits per heavy atom. The molecule has 4 saturated carbocycles.